The van der Waals surface area contributed by atoms with E-state index in [4.69, 9.17) is 9.84 Å². The number of hydrogen-bond donors (Lipinski definition) is 2. The summed E-state index contributed by atoms with van der Waals surface area (Å²) in [6, 6.07) is 3.42. The van der Waals surface area contributed by atoms with Gasteiger partial charge in [-0.1, -0.05) is 0 Å². The highest BCUT2D eigenvalue weighted by atomic mass is 35.5. The topological polar surface area (TPSA) is 116 Å². The molecule has 2 N–H and O–H groups in total. The summed E-state index contributed by atoms with van der Waals surface area (Å²) in [6.45, 7) is 1.31. The van der Waals surface area contributed by atoms with Gasteiger partial charge >= 0.3 is 5.97 Å². The Kier molecular flexibility index (Phi) is 9.01. The molecule has 26 heavy (non-hydrogen) atoms. The lowest BCUT2D eigenvalue weighted by atomic mass is 10.3. The zero-order valence-electron chi connectivity index (χ0n) is 15.2. The summed E-state index contributed by atoms with van der Waals surface area (Å²) < 4.78 is 30.8. The molecule has 148 valence electrons. The lowest BCUT2D eigenvalue weighted by Crippen LogP contribution is -2.40. The molecule has 1 aromatic rings. The molecule has 1 atom stereocenters. The number of carbonyl (C=O) groups excluding carboxylic acids is 1. The number of carbonyl (C=O) groups is 2. The average Bonchev–Trinajstić information content (AvgIpc) is 2.53. The molecule has 1 rings (SSSR count). The van der Waals surface area contributed by atoms with Crippen LogP contribution in [0.15, 0.2) is 23.1 Å². The molecule has 11 heteroatoms. The van der Waals surface area contributed by atoms with Gasteiger partial charge in [0.05, 0.1) is 13.7 Å². The van der Waals surface area contributed by atoms with Crippen LogP contribution in [0.5, 0.6) is 5.75 Å². The van der Waals surface area contributed by atoms with Crippen LogP contribution in [0, 0.1) is 0 Å². The van der Waals surface area contributed by atoms with Crippen LogP contribution in [-0.4, -0.2) is 75.4 Å². The van der Waals surface area contributed by atoms with Crippen LogP contribution < -0.4 is 10.1 Å². The molecule has 0 spiro atoms. The van der Waals surface area contributed by atoms with Crippen molar-refractivity contribution in [3.8, 4) is 5.75 Å². The fourth-order valence-corrected chi connectivity index (χ4v) is 2.98. The van der Waals surface area contributed by atoms with E-state index in [0.717, 1.165) is 4.31 Å². The monoisotopic (exact) mass is 409 g/mol. The van der Waals surface area contributed by atoms with E-state index in [2.05, 4.69) is 5.32 Å². The second-order valence-electron chi connectivity index (χ2n) is 5.63. The van der Waals surface area contributed by atoms with Gasteiger partial charge < -0.3 is 15.2 Å². The van der Waals surface area contributed by atoms with Gasteiger partial charge in [-0.15, -0.1) is 12.4 Å². The van der Waals surface area contributed by atoms with Crippen LogP contribution in [0.25, 0.3) is 0 Å². The van der Waals surface area contributed by atoms with E-state index in [1.807, 2.05) is 0 Å². The minimum atomic E-state index is -3.76. The SMILES string of the molecule is COc1ccc(NC(=O)CN(C)C(C)C(=O)O)cc1S(=O)(=O)N(C)C.Cl. The summed E-state index contributed by atoms with van der Waals surface area (Å²) >= 11 is 0. The van der Waals surface area contributed by atoms with Gasteiger partial charge in [0.1, 0.15) is 16.7 Å². The van der Waals surface area contributed by atoms with Crippen LogP contribution in [0.3, 0.4) is 0 Å². The number of rotatable bonds is 8. The van der Waals surface area contributed by atoms with Crippen molar-refractivity contribution >= 4 is 40.0 Å². The molecule has 9 nitrogen and oxygen atoms in total. The molecule has 0 saturated carbocycles. The van der Waals surface area contributed by atoms with Crippen LogP contribution in [-0.2, 0) is 19.6 Å². The predicted molar refractivity (Wildman–Crippen MR) is 99.5 cm³/mol. The Hall–Kier alpha value is -1.88. The summed E-state index contributed by atoms with van der Waals surface area (Å²) in [5, 5.41) is 11.5. The molecule has 0 aliphatic rings. The van der Waals surface area contributed by atoms with Crippen molar-refractivity contribution in [3.63, 3.8) is 0 Å². The number of carboxylic acids is 1. The summed E-state index contributed by atoms with van der Waals surface area (Å²) in [4.78, 5) is 24.3. The van der Waals surface area contributed by atoms with Gasteiger partial charge in [0.2, 0.25) is 15.9 Å². The van der Waals surface area contributed by atoms with Gasteiger partial charge in [-0.05, 0) is 32.2 Å². The molecule has 0 bridgehead atoms. The zero-order valence-corrected chi connectivity index (χ0v) is 16.8. The second-order valence-corrected chi connectivity index (χ2v) is 7.75. The third-order valence-electron chi connectivity index (χ3n) is 3.62. The Bertz CT molecular complexity index is 754. The summed E-state index contributed by atoms with van der Waals surface area (Å²) in [6.07, 6.45) is 0. The molecule has 0 aliphatic heterocycles. The standard InChI is InChI=1S/C15H23N3O6S.ClH/c1-10(15(20)21)18(4)9-14(19)16-11-6-7-12(24-5)13(8-11)25(22,23)17(2)3;/h6-8,10H,9H2,1-5H3,(H,16,19)(H,20,21);1H. The Morgan fingerprint density at radius 1 is 1.27 bits per heavy atom. The van der Waals surface area contributed by atoms with Gasteiger partial charge in [-0.2, -0.15) is 0 Å². The maximum absolute atomic E-state index is 12.4. The fourth-order valence-electron chi connectivity index (χ4n) is 1.91. The van der Waals surface area contributed by atoms with Crippen molar-refractivity contribution < 1.29 is 27.9 Å². The molecule has 0 aromatic heterocycles. The van der Waals surface area contributed by atoms with Crippen molar-refractivity contribution in [2.24, 2.45) is 0 Å². The van der Waals surface area contributed by atoms with E-state index in [1.54, 1.807) is 0 Å². The molecule has 1 aromatic carbocycles. The number of hydrogen-bond acceptors (Lipinski definition) is 6. The number of nitrogens with one attached hydrogen (secondary N) is 1. The number of amides is 1. The fraction of sp³-hybridized carbons (Fsp3) is 0.467. The van der Waals surface area contributed by atoms with Gasteiger partial charge in [0.15, 0.2) is 0 Å². The first-order chi connectivity index (χ1) is 11.5. The number of halogens is 1. The highest BCUT2D eigenvalue weighted by molar-refractivity contribution is 7.89. The lowest BCUT2D eigenvalue weighted by Gasteiger charge is -2.20. The van der Waals surface area contributed by atoms with Crippen molar-refractivity contribution in [2.45, 2.75) is 17.9 Å². The molecule has 0 heterocycles. The zero-order chi connectivity index (χ0) is 19.4. The number of benzene rings is 1. The van der Waals surface area contributed by atoms with Crippen LogP contribution in [0.1, 0.15) is 6.92 Å². The van der Waals surface area contributed by atoms with Crippen molar-refractivity contribution in [1.29, 1.82) is 0 Å². The third kappa shape index (κ3) is 5.84. The van der Waals surface area contributed by atoms with E-state index in [0.29, 0.717) is 0 Å². The van der Waals surface area contributed by atoms with E-state index in [9.17, 15) is 18.0 Å². The van der Waals surface area contributed by atoms with Gasteiger partial charge in [0, 0.05) is 19.8 Å². The number of likely N-dealkylation sites (N-methyl/N-ethyl adjacent to an activating group) is 1. The Morgan fingerprint density at radius 3 is 2.31 bits per heavy atom. The summed E-state index contributed by atoms with van der Waals surface area (Å²) in [7, 11) is 1.89. The molecule has 0 saturated heterocycles. The van der Waals surface area contributed by atoms with Crippen molar-refractivity contribution in [3.05, 3.63) is 18.2 Å². The number of carboxylic acid groups (broad SMARTS) is 1. The first-order valence-corrected chi connectivity index (χ1v) is 8.78. The molecule has 0 aliphatic carbocycles. The summed E-state index contributed by atoms with van der Waals surface area (Å²) in [5.41, 5.74) is 0.266. The van der Waals surface area contributed by atoms with Crippen molar-refractivity contribution in [1.82, 2.24) is 9.21 Å². The molecular weight excluding hydrogens is 386 g/mol. The van der Waals surface area contributed by atoms with E-state index in [1.165, 1.54) is 58.3 Å². The van der Waals surface area contributed by atoms with Gasteiger partial charge in [-0.25, -0.2) is 12.7 Å². The smallest absolute Gasteiger partial charge is 0.320 e. The normalized spacial score (nSPS) is 12.4. The van der Waals surface area contributed by atoms with Crippen LogP contribution in [0.4, 0.5) is 5.69 Å². The number of anilines is 1. The number of ether oxygens (including phenoxy) is 1. The van der Waals surface area contributed by atoms with Crippen molar-refractivity contribution in [2.75, 3.05) is 40.1 Å². The number of sulfonamides is 1. The van der Waals surface area contributed by atoms with Gasteiger partial charge in [-0.3, -0.25) is 14.5 Å². The molecular formula is C15H24ClN3O6S. The minimum Gasteiger partial charge on any atom is -0.495 e. The van der Waals surface area contributed by atoms with Crippen LogP contribution >= 0.6 is 12.4 Å². The number of aliphatic carboxylic acids is 1. The maximum atomic E-state index is 12.4. The first-order valence-electron chi connectivity index (χ1n) is 7.34. The molecule has 1 unspecified atom stereocenters. The average molecular weight is 410 g/mol. The quantitative estimate of drug-likeness (QED) is 0.649. The van der Waals surface area contributed by atoms with E-state index < -0.39 is 27.9 Å². The minimum absolute atomic E-state index is 0. The van der Waals surface area contributed by atoms with E-state index >= 15 is 0 Å². The largest absolute Gasteiger partial charge is 0.495 e. The van der Waals surface area contributed by atoms with E-state index in [-0.39, 0.29) is 35.3 Å². The third-order valence-corrected chi connectivity index (χ3v) is 5.45. The molecule has 0 fully saturated rings. The molecule has 0 radical (unpaired) electrons. The Balaban J connectivity index is 0.00000625. The van der Waals surface area contributed by atoms with Crippen LogP contribution in [0.2, 0.25) is 0 Å². The highest BCUT2D eigenvalue weighted by Gasteiger charge is 2.23. The summed E-state index contributed by atoms with van der Waals surface area (Å²) in [5.74, 6) is -1.35. The number of methoxy groups -OCH3 is 1. The first kappa shape index (κ1) is 24.1. The molecule has 1 amide bonds. The maximum Gasteiger partial charge on any atom is 0.320 e. The number of nitrogens with zero attached hydrogens (tertiary/aromatic N) is 2. The Labute approximate surface area is 159 Å². The lowest BCUT2D eigenvalue weighted by molar-refractivity contribution is -0.142. The Morgan fingerprint density at radius 2 is 1.85 bits per heavy atom. The van der Waals surface area contributed by atoms with Gasteiger partial charge in [0.25, 0.3) is 0 Å². The second kappa shape index (κ2) is 9.72. The predicted octanol–water partition coefficient (Wildman–Crippen LogP) is 0.711. The highest BCUT2D eigenvalue weighted by Crippen LogP contribution is 2.28.